The van der Waals surface area contributed by atoms with Gasteiger partial charge in [0.15, 0.2) is 9.84 Å². The minimum absolute atomic E-state index is 0.0500. The quantitative estimate of drug-likeness (QED) is 0.701. The number of carbonyl (C=O) groups is 1. The predicted octanol–water partition coefficient (Wildman–Crippen LogP) is -0.272. The van der Waals surface area contributed by atoms with Gasteiger partial charge in [-0.1, -0.05) is 0 Å². The number of hydrogen-bond donors (Lipinski definition) is 0. The lowest BCUT2D eigenvalue weighted by atomic mass is 10.2. The van der Waals surface area contributed by atoms with E-state index in [4.69, 9.17) is 0 Å². The number of carbonyl (C=O) groups excluding carboxylic acids is 1. The number of sulfone groups is 1. The monoisotopic (exact) mass is 260 g/mol. The summed E-state index contributed by atoms with van der Waals surface area (Å²) in [7, 11) is -1.18. The van der Waals surface area contributed by atoms with Crippen LogP contribution in [0.15, 0.2) is 0 Å². The zero-order chi connectivity index (χ0) is 12.5. The lowest BCUT2D eigenvalue weighted by molar-refractivity contribution is -0.132. The van der Waals surface area contributed by atoms with Crippen LogP contribution in [0.5, 0.6) is 0 Å². The van der Waals surface area contributed by atoms with Crippen molar-refractivity contribution in [2.45, 2.75) is 25.3 Å². The number of nitrogens with zero attached hydrogens (tertiary/aromatic N) is 2. The van der Waals surface area contributed by atoms with Crippen molar-refractivity contribution in [2.75, 3.05) is 38.2 Å². The van der Waals surface area contributed by atoms with Crippen molar-refractivity contribution in [2.24, 2.45) is 0 Å². The molecule has 2 aliphatic rings. The Morgan fingerprint density at radius 3 is 2.53 bits per heavy atom. The van der Waals surface area contributed by atoms with Crippen molar-refractivity contribution in [1.29, 1.82) is 0 Å². The first-order valence-electron chi connectivity index (χ1n) is 6.16. The van der Waals surface area contributed by atoms with Gasteiger partial charge in [-0.15, -0.1) is 0 Å². The number of rotatable bonds is 3. The summed E-state index contributed by atoms with van der Waals surface area (Å²) in [4.78, 5) is 15.8. The second kappa shape index (κ2) is 4.94. The molecule has 2 aliphatic heterocycles. The van der Waals surface area contributed by atoms with E-state index in [0.29, 0.717) is 13.0 Å². The average molecular weight is 260 g/mol. The van der Waals surface area contributed by atoms with Gasteiger partial charge in [-0.05, 0) is 32.4 Å². The Bertz CT molecular complexity index is 388. The molecule has 0 N–H and O–H groups in total. The van der Waals surface area contributed by atoms with Crippen molar-refractivity contribution in [3.63, 3.8) is 0 Å². The van der Waals surface area contributed by atoms with Crippen molar-refractivity contribution >= 4 is 15.7 Å². The summed E-state index contributed by atoms with van der Waals surface area (Å²) in [5, 5.41) is 0. The van der Waals surface area contributed by atoms with Gasteiger partial charge in [0.2, 0.25) is 5.91 Å². The smallest absolute Gasteiger partial charge is 0.236 e. The van der Waals surface area contributed by atoms with E-state index in [2.05, 4.69) is 4.90 Å². The zero-order valence-corrected chi connectivity index (χ0v) is 11.1. The Morgan fingerprint density at radius 2 is 2.00 bits per heavy atom. The van der Waals surface area contributed by atoms with Crippen LogP contribution in [-0.4, -0.2) is 68.4 Å². The standard InChI is InChI=1S/C11H20N2O3S/c1-12(10-4-7-17(15,16)9-10)11(14)8-13-5-2-3-6-13/h10H,2-9H2,1H3. The third-order valence-electron chi connectivity index (χ3n) is 3.71. The maximum absolute atomic E-state index is 12.0. The van der Waals surface area contributed by atoms with Crippen molar-refractivity contribution in [1.82, 2.24) is 9.80 Å². The van der Waals surface area contributed by atoms with E-state index in [1.165, 1.54) is 0 Å². The Balaban J connectivity index is 1.86. The molecule has 1 amide bonds. The SMILES string of the molecule is CN(C(=O)CN1CCCC1)C1CCS(=O)(=O)C1. The van der Waals surface area contributed by atoms with Crippen LogP contribution >= 0.6 is 0 Å². The second-order valence-corrected chi connectivity index (χ2v) is 7.27. The van der Waals surface area contributed by atoms with Crippen LogP contribution in [0.1, 0.15) is 19.3 Å². The van der Waals surface area contributed by atoms with Crippen LogP contribution in [0, 0.1) is 0 Å². The first kappa shape index (κ1) is 12.8. The van der Waals surface area contributed by atoms with Gasteiger partial charge in [0.25, 0.3) is 0 Å². The van der Waals surface area contributed by atoms with Crippen LogP contribution in [0.2, 0.25) is 0 Å². The summed E-state index contributed by atoms with van der Waals surface area (Å²) in [6.45, 7) is 2.41. The van der Waals surface area contributed by atoms with E-state index in [1.807, 2.05) is 0 Å². The minimum Gasteiger partial charge on any atom is -0.341 e. The molecule has 0 aromatic carbocycles. The Hall–Kier alpha value is -0.620. The summed E-state index contributed by atoms with van der Waals surface area (Å²) < 4.78 is 22.7. The van der Waals surface area contributed by atoms with E-state index in [9.17, 15) is 13.2 Å². The van der Waals surface area contributed by atoms with Gasteiger partial charge in [0.1, 0.15) is 0 Å². The van der Waals surface area contributed by atoms with Gasteiger partial charge < -0.3 is 4.90 Å². The third kappa shape index (κ3) is 3.19. The van der Waals surface area contributed by atoms with Gasteiger partial charge in [-0.3, -0.25) is 9.69 Å². The van der Waals surface area contributed by atoms with Gasteiger partial charge in [-0.25, -0.2) is 8.42 Å². The van der Waals surface area contributed by atoms with E-state index in [0.717, 1.165) is 25.9 Å². The van der Waals surface area contributed by atoms with Crippen molar-refractivity contribution < 1.29 is 13.2 Å². The molecular weight excluding hydrogens is 240 g/mol. The fourth-order valence-corrected chi connectivity index (χ4v) is 4.30. The molecule has 0 aromatic rings. The fraction of sp³-hybridized carbons (Fsp3) is 0.909. The highest BCUT2D eigenvalue weighted by molar-refractivity contribution is 7.91. The minimum atomic E-state index is -2.91. The number of likely N-dealkylation sites (tertiary alicyclic amines) is 1. The molecule has 17 heavy (non-hydrogen) atoms. The second-order valence-electron chi connectivity index (χ2n) is 5.04. The first-order valence-corrected chi connectivity index (χ1v) is 7.98. The largest absolute Gasteiger partial charge is 0.341 e. The van der Waals surface area contributed by atoms with Crippen molar-refractivity contribution in [3.8, 4) is 0 Å². The van der Waals surface area contributed by atoms with Crippen LogP contribution in [0.4, 0.5) is 0 Å². The van der Waals surface area contributed by atoms with Crippen LogP contribution in [0.3, 0.4) is 0 Å². The molecular formula is C11H20N2O3S. The van der Waals surface area contributed by atoms with Gasteiger partial charge in [0.05, 0.1) is 18.1 Å². The molecule has 2 fully saturated rings. The fourth-order valence-electron chi connectivity index (χ4n) is 2.53. The molecule has 1 atom stereocenters. The number of hydrogen-bond acceptors (Lipinski definition) is 4. The summed E-state index contributed by atoms with van der Waals surface area (Å²) in [6, 6.07) is -0.116. The van der Waals surface area contributed by atoms with E-state index >= 15 is 0 Å². The molecule has 2 heterocycles. The molecule has 1 unspecified atom stereocenters. The molecule has 0 aliphatic carbocycles. The zero-order valence-electron chi connectivity index (χ0n) is 10.3. The van der Waals surface area contributed by atoms with Crippen LogP contribution in [-0.2, 0) is 14.6 Å². The topological polar surface area (TPSA) is 57.7 Å². The normalized spacial score (nSPS) is 28.4. The molecule has 5 nitrogen and oxygen atoms in total. The molecule has 0 saturated carbocycles. The molecule has 98 valence electrons. The van der Waals surface area contributed by atoms with Crippen molar-refractivity contribution in [3.05, 3.63) is 0 Å². The first-order chi connectivity index (χ1) is 7.98. The Labute approximate surface area is 103 Å². The lowest BCUT2D eigenvalue weighted by Gasteiger charge is -2.25. The highest BCUT2D eigenvalue weighted by atomic mass is 32.2. The molecule has 2 saturated heterocycles. The molecule has 6 heteroatoms. The van der Waals surface area contributed by atoms with Gasteiger partial charge in [-0.2, -0.15) is 0 Å². The van der Waals surface area contributed by atoms with E-state index in [-0.39, 0.29) is 23.5 Å². The number of amides is 1. The Morgan fingerprint density at radius 1 is 1.35 bits per heavy atom. The maximum atomic E-state index is 12.0. The lowest BCUT2D eigenvalue weighted by Crippen LogP contribution is -2.43. The molecule has 0 bridgehead atoms. The average Bonchev–Trinajstić information content (AvgIpc) is 2.86. The number of likely N-dealkylation sites (N-methyl/N-ethyl adjacent to an activating group) is 1. The highest BCUT2D eigenvalue weighted by Crippen LogP contribution is 2.17. The molecule has 0 aromatic heterocycles. The summed E-state index contributed by atoms with van der Waals surface area (Å²) in [5.74, 6) is 0.405. The molecule has 0 radical (unpaired) electrons. The predicted molar refractivity (Wildman–Crippen MR) is 65.5 cm³/mol. The maximum Gasteiger partial charge on any atom is 0.236 e. The third-order valence-corrected chi connectivity index (χ3v) is 5.46. The highest BCUT2D eigenvalue weighted by Gasteiger charge is 2.33. The summed E-state index contributed by atoms with van der Waals surface area (Å²) in [6.07, 6.45) is 2.91. The molecule has 0 spiro atoms. The van der Waals surface area contributed by atoms with E-state index < -0.39 is 9.84 Å². The Kier molecular flexibility index (Phi) is 3.73. The summed E-state index contributed by atoms with van der Waals surface area (Å²) in [5.41, 5.74) is 0. The van der Waals surface area contributed by atoms with Crippen LogP contribution < -0.4 is 0 Å². The van der Waals surface area contributed by atoms with E-state index in [1.54, 1.807) is 11.9 Å². The summed E-state index contributed by atoms with van der Waals surface area (Å²) >= 11 is 0. The molecule has 2 rings (SSSR count). The van der Waals surface area contributed by atoms with Gasteiger partial charge in [0, 0.05) is 13.1 Å². The van der Waals surface area contributed by atoms with Crippen LogP contribution in [0.25, 0.3) is 0 Å². The van der Waals surface area contributed by atoms with Gasteiger partial charge >= 0.3 is 0 Å².